The van der Waals surface area contributed by atoms with Gasteiger partial charge in [-0.05, 0) is 27.7 Å². The number of aromatic nitrogens is 2. The summed E-state index contributed by atoms with van der Waals surface area (Å²) in [6, 6.07) is 1.78. The van der Waals surface area contributed by atoms with Crippen LogP contribution in [0, 0.1) is 6.92 Å². The quantitative estimate of drug-likeness (QED) is 0.579. The Bertz CT molecular complexity index is 338. The molecular formula is C10H18N4O. The summed E-state index contributed by atoms with van der Waals surface area (Å²) in [6.45, 7) is 8.33. The van der Waals surface area contributed by atoms with Crippen LogP contribution < -0.4 is 11.3 Å². The molecule has 0 aromatic carbocycles. The first-order chi connectivity index (χ1) is 6.99. The molecule has 15 heavy (non-hydrogen) atoms. The van der Waals surface area contributed by atoms with E-state index in [-0.39, 0.29) is 0 Å². The fraction of sp³-hybridized carbons (Fsp3) is 0.600. The first kappa shape index (κ1) is 11.9. The predicted molar refractivity (Wildman–Crippen MR) is 59.2 cm³/mol. The molecular weight excluding hydrogens is 192 g/mol. The molecule has 0 saturated carbocycles. The van der Waals surface area contributed by atoms with Gasteiger partial charge in [0.05, 0.1) is 0 Å². The molecule has 0 spiro atoms. The highest BCUT2D eigenvalue weighted by atomic mass is 16.5. The van der Waals surface area contributed by atoms with Crippen LogP contribution in [0.4, 0.5) is 5.82 Å². The van der Waals surface area contributed by atoms with E-state index >= 15 is 0 Å². The fourth-order valence-corrected chi connectivity index (χ4v) is 1.34. The summed E-state index contributed by atoms with van der Waals surface area (Å²) in [6.07, 6.45) is 0. The lowest BCUT2D eigenvalue weighted by atomic mass is 10.1. The molecule has 5 nitrogen and oxygen atoms in total. The SMILES string of the molecule is CCOC(C)(C)c1nc(C)cc(NN)n1. The maximum absolute atomic E-state index is 5.58. The average Bonchev–Trinajstić information content (AvgIpc) is 2.16. The number of nitrogens with one attached hydrogen (secondary N) is 1. The third-order valence-corrected chi connectivity index (χ3v) is 2.05. The van der Waals surface area contributed by atoms with Crippen molar-refractivity contribution in [1.29, 1.82) is 0 Å². The molecule has 0 aliphatic carbocycles. The zero-order valence-electron chi connectivity index (χ0n) is 9.66. The van der Waals surface area contributed by atoms with Crippen LogP contribution in [0.25, 0.3) is 0 Å². The van der Waals surface area contributed by atoms with E-state index < -0.39 is 5.60 Å². The molecule has 5 heteroatoms. The molecule has 1 rings (SSSR count). The topological polar surface area (TPSA) is 73.1 Å². The van der Waals surface area contributed by atoms with Gasteiger partial charge in [-0.25, -0.2) is 15.8 Å². The van der Waals surface area contributed by atoms with Crippen LogP contribution in [-0.4, -0.2) is 16.6 Å². The van der Waals surface area contributed by atoms with Crippen LogP contribution in [0.1, 0.15) is 32.3 Å². The molecule has 0 fully saturated rings. The Morgan fingerprint density at radius 1 is 1.47 bits per heavy atom. The van der Waals surface area contributed by atoms with Gasteiger partial charge in [-0.1, -0.05) is 0 Å². The van der Waals surface area contributed by atoms with Gasteiger partial charge in [0.2, 0.25) is 0 Å². The number of nitrogens with two attached hydrogens (primary N) is 1. The number of nitrogens with zero attached hydrogens (tertiary/aromatic N) is 2. The Hall–Kier alpha value is -1.20. The Morgan fingerprint density at radius 3 is 2.67 bits per heavy atom. The van der Waals surface area contributed by atoms with Gasteiger partial charge in [-0.3, -0.25) is 0 Å². The largest absolute Gasteiger partial charge is 0.368 e. The molecule has 0 aliphatic heterocycles. The van der Waals surface area contributed by atoms with Crippen LogP contribution in [0.15, 0.2) is 6.07 Å². The first-order valence-corrected chi connectivity index (χ1v) is 4.96. The van der Waals surface area contributed by atoms with E-state index in [4.69, 9.17) is 10.6 Å². The summed E-state index contributed by atoms with van der Waals surface area (Å²) >= 11 is 0. The number of nitrogen functional groups attached to an aromatic ring is 1. The summed E-state index contributed by atoms with van der Waals surface area (Å²) in [4.78, 5) is 8.61. The van der Waals surface area contributed by atoms with E-state index in [0.29, 0.717) is 18.2 Å². The molecule has 84 valence electrons. The smallest absolute Gasteiger partial charge is 0.162 e. The normalized spacial score (nSPS) is 11.5. The van der Waals surface area contributed by atoms with Crippen molar-refractivity contribution < 1.29 is 4.74 Å². The van der Waals surface area contributed by atoms with Crippen molar-refractivity contribution >= 4 is 5.82 Å². The van der Waals surface area contributed by atoms with Gasteiger partial charge in [0.15, 0.2) is 5.82 Å². The van der Waals surface area contributed by atoms with Gasteiger partial charge in [0, 0.05) is 18.4 Å². The van der Waals surface area contributed by atoms with Crippen LogP contribution in [0.5, 0.6) is 0 Å². The molecule has 0 radical (unpaired) electrons. The molecule has 1 heterocycles. The van der Waals surface area contributed by atoms with Crippen LogP contribution in [-0.2, 0) is 10.3 Å². The van der Waals surface area contributed by atoms with Gasteiger partial charge in [-0.2, -0.15) is 0 Å². The van der Waals surface area contributed by atoms with E-state index in [1.54, 1.807) is 6.07 Å². The van der Waals surface area contributed by atoms with Crippen LogP contribution in [0.3, 0.4) is 0 Å². The molecule has 0 amide bonds. The van der Waals surface area contributed by atoms with Crippen LogP contribution in [0.2, 0.25) is 0 Å². The lowest BCUT2D eigenvalue weighted by Crippen LogP contribution is -2.26. The number of ether oxygens (including phenoxy) is 1. The van der Waals surface area contributed by atoms with Crippen molar-refractivity contribution in [2.24, 2.45) is 5.84 Å². The molecule has 0 unspecified atom stereocenters. The lowest BCUT2D eigenvalue weighted by molar-refractivity contribution is -0.0208. The highest BCUT2D eigenvalue weighted by molar-refractivity contribution is 5.34. The molecule has 3 N–H and O–H groups in total. The number of hydrogen-bond acceptors (Lipinski definition) is 5. The second-order valence-corrected chi connectivity index (χ2v) is 3.81. The monoisotopic (exact) mass is 210 g/mol. The summed E-state index contributed by atoms with van der Waals surface area (Å²) in [7, 11) is 0. The highest BCUT2D eigenvalue weighted by Crippen LogP contribution is 2.22. The third-order valence-electron chi connectivity index (χ3n) is 2.05. The molecule has 0 aliphatic rings. The van der Waals surface area contributed by atoms with Gasteiger partial charge in [-0.15, -0.1) is 0 Å². The second-order valence-electron chi connectivity index (χ2n) is 3.81. The lowest BCUT2D eigenvalue weighted by Gasteiger charge is -2.23. The Labute approximate surface area is 90.0 Å². The fourth-order valence-electron chi connectivity index (χ4n) is 1.34. The van der Waals surface area contributed by atoms with E-state index in [0.717, 1.165) is 5.69 Å². The van der Waals surface area contributed by atoms with E-state index in [1.165, 1.54) is 0 Å². The maximum Gasteiger partial charge on any atom is 0.162 e. The average molecular weight is 210 g/mol. The Kier molecular flexibility index (Phi) is 3.60. The molecule has 1 aromatic rings. The minimum Gasteiger partial charge on any atom is -0.368 e. The van der Waals surface area contributed by atoms with Gasteiger partial charge in [0.1, 0.15) is 11.4 Å². The van der Waals surface area contributed by atoms with Crippen LogP contribution >= 0.6 is 0 Å². The van der Waals surface area contributed by atoms with Crippen molar-refractivity contribution in [3.8, 4) is 0 Å². The predicted octanol–water partition coefficient (Wildman–Crippen LogP) is 1.34. The zero-order chi connectivity index (χ0) is 11.5. The number of hydrazine groups is 1. The standard InChI is InChI=1S/C10H18N4O/c1-5-15-10(3,4)9-12-7(2)6-8(13-9)14-11/h6H,5,11H2,1-4H3,(H,12,13,14). The summed E-state index contributed by atoms with van der Waals surface area (Å²) in [5, 5.41) is 0. The Morgan fingerprint density at radius 2 is 2.13 bits per heavy atom. The first-order valence-electron chi connectivity index (χ1n) is 4.96. The molecule has 0 saturated heterocycles. The van der Waals surface area contributed by atoms with Gasteiger partial charge in [0.25, 0.3) is 0 Å². The number of aryl methyl sites for hydroxylation is 1. The summed E-state index contributed by atoms with van der Waals surface area (Å²) in [5.41, 5.74) is 2.88. The third kappa shape index (κ3) is 2.87. The summed E-state index contributed by atoms with van der Waals surface area (Å²) in [5.74, 6) is 6.56. The van der Waals surface area contributed by atoms with Gasteiger partial charge < -0.3 is 10.2 Å². The van der Waals surface area contributed by atoms with Gasteiger partial charge >= 0.3 is 0 Å². The van der Waals surface area contributed by atoms with E-state index in [9.17, 15) is 0 Å². The number of hydrogen-bond donors (Lipinski definition) is 2. The van der Waals surface area contributed by atoms with Crippen molar-refractivity contribution in [3.05, 3.63) is 17.6 Å². The molecule has 1 aromatic heterocycles. The minimum absolute atomic E-state index is 0.494. The van der Waals surface area contributed by atoms with Crippen molar-refractivity contribution in [2.75, 3.05) is 12.0 Å². The van der Waals surface area contributed by atoms with E-state index in [2.05, 4.69) is 15.4 Å². The van der Waals surface area contributed by atoms with E-state index in [1.807, 2.05) is 27.7 Å². The Balaban J connectivity index is 3.07. The molecule has 0 atom stereocenters. The maximum atomic E-state index is 5.58. The number of anilines is 1. The van der Waals surface area contributed by atoms with Crippen molar-refractivity contribution in [2.45, 2.75) is 33.3 Å². The second kappa shape index (κ2) is 4.55. The minimum atomic E-state index is -0.494. The summed E-state index contributed by atoms with van der Waals surface area (Å²) < 4.78 is 5.58. The van der Waals surface area contributed by atoms with Crippen molar-refractivity contribution in [1.82, 2.24) is 9.97 Å². The highest BCUT2D eigenvalue weighted by Gasteiger charge is 2.24. The zero-order valence-corrected chi connectivity index (χ0v) is 9.66. The number of rotatable bonds is 4. The molecule has 0 bridgehead atoms. The van der Waals surface area contributed by atoms with Crippen molar-refractivity contribution in [3.63, 3.8) is 0 Å².